The molecular weight excluding hydrogens is 819 g/mol. The van der Waals surface area contributed by atoms with Crippen molar-refractivity contribution in [2.45, 2.75) is 13.1 Å². The fourth-order valence-corrected chi connectivity index (χ4v) is 14.8. The maximum absolute atomic E-state index is 2.54. The Labute approximate surface area is 384 Å². The average molecular weight is 862 g/mol. The highest BCUT2D eigenvalue weighted by Gasteiger charge is 2.38. The number of fused-ring (bicyclic) bond motifs is 9. The van der Waals surface area contributed by atoms with E-state index >= 15 is 0 Å². The van der Waals surface area contributed by atoms with Crippen LogP contribution in [0, 0.1) is 0 Å². The molecule has 3 heterocycles. The van der Waals surface area contributed by atoms with Crippen molar-refractivity contribution in [1.82, 2.24) is 4.57 Å². The number of hydrogen-bond acceptors (Lipinski definition) is 1. The van der Waals surface area contributed by atoms with Gasteiger partial charge in [-0.3, -0.25) is 0 Å². The molecular formula is C62H43NSSi. The fraction of sp³-hybridized carbons (Fsp3) is 0.0323. The molecule has 0 bridgehead atoms. The van der Waals surface area contributed by atoms with E-state index in [0.29, 0.717) is 0 Å². The van der Waals surface area contributed by atoms with E-state index in [0.717, 1.165) is 0 Å². The van der Waals surface area contributed by atoms with Gasteiger partial charge in [-0.05, 0) is 132 Å². The molecule has 65 heavy (non-hydrogen) atoms. The van der Waals surface area contributed by atoms with E-state index in [9.17, 15) is 0 Å². The summed E-state index contributed by atoms with van der Waals surface area (Å²) < 4.78 is 5.20. The average Bonchev–Trinajstić information content (AvgIpc) is 3.98. The molecule has 12 aromatic rings. The minimum atomic E-state index is -2.08. The first-order chi connectivity index (χ1) is 31.9. The molecule has 1 aliphatic heterocycles. The van der Waals surface area contributed by atoms with Crippen molar-refractivity contribution in [2.24, 2.45) is 0 Å². The Kier molecular flexibility index (Phi) is 8.61. The lowest BCUT2D eigenvalue weighted by Gasteiger charge is -2.20. The number of aromatic nitrogens is 1. The molecule has 0 amide bonds. The van der Waals surface area contributed by atoms with Crippen LogP contribution >= 0.6 is 11.3 Å². The molecule has 2 aromatic heterocycles. The van der Waals surface area contributed by atoms with Crippen molar-refractivity contribution in [2.75, 3.05) is 0 Å². The molecule has 0 radical (unpaired) electrons. The molecule has 0 spiro atoms. The molecule has 1 nitrogen and oxygen atoms in total. The van der Waals surface area contributed by atoms with Crippen LogP contribution < -0.4 is 10.4 Å². The number of hydrogen-bond donors (Lipinski definition) is 0. The third-order valence-electron chi connectivity index (χ3n) is 14.0. The Hall–Kier alpha value is -7.56. The van der Waals surface area contributed by atoms with Crippen molar-refractivity contribution >= 4 is 71.8 Å². The molecule has 0 N–H and O–H groups in total. The maximum Gasteiger partial charge on any atom is 0.113 e. The highest BCUT2D eigenvalue weighted by molar-refractivity contribution is 7.25. The van der Waals surface area contributed by atoms with Gasteiger partial charge < -0.3 is 4.57 Å². The van der Waals surface area contributed by atoms with E-state index in [1.54, 1.807) is 0 Å². The van der Waals surface area contributed by atoms with E-state index in [1.807, 2.05) is 11.3 Å². The van der Waals surface area contributed by atoms with Crippen LogP contribution in [0.5, 0.6) is 0 Å². The second-order valence-electron chi connectivity index (χ2n) is 18.1. The summed E-state index contributed by atoms with van der Waals surface area (Å²) in [7, 11) is -2.08. The molecule has 10 aromatic carbocycles. The molecule has 3 heteroatoms. The van der Waals surface area contributed by atoms with E-state index in [1.165, 1.54) is 125 Å². The summed E-state index contributed by atoms with van der Waals surface area (Å²) in [4.78, 5) is 0. The zero-order chi connectivity index (χ0) is 43.2. The van der Waals surface area contributed by atoms with Gasteiger partial charge in [-0.25, -0.2) is 0 Å². The van der Waals surface area contributed by atoms with Gasteiger partial charge in [0.1, 0.15) is 8.07 Å². The highest BCUT2D eigenvalue weighted by atomic mass is 32.1. The molecule has 0 aliphatic carbocycles. The van der Waals surface area contributed by atoms with Crippen LogP contribution in [0.25, 0.3) is 114 Å². The summed E-state index contributed by atoms with van der Waals surface area (Å²) in [5, 5.41) is 8.23. The Balaban J connectivity index is 0.921. The van der Waals surface area contributed by atoms with Crippen LogP contribution in [-0.4, -0.2) is 12.6 Å². The van der Waals surface area contributed by atoms with Crippen molar-refractivity contribution in [3.05, 3.63) is 224 Å². The monoisotopic (exact) mass is 861 g/mol. The second kappa shape index (κ2) is 14.8. The second-order valence-corrected chi connectivity index (χ2v) is 23.5. The molecule has 0 saturated carbocycles. The molecule has 0 unspecified atom stereocenters. The third kappa shape index (κ3) is 6.19. The van der Waals surface area contributed by atoms with Gasteiger partial charge in [0, 0.05) is 36.6 Å². The summed E-state index contributed by atoms with van der Waals surface area (Å²) in [5.41, 5.74) is 18.8. The Morgan fingerprint density at radius 2 is 0.708 bits per heavy atom. The van der Waals surface area contributed by atoms with Crippen LogP contribution in [-0.2, 0) is 0 Å². The Bertz CT molecular complexity index is 3680. The molecule has 1 aliphatic rings. The van der Waals surface area contributed by atoms with Gasteiger partial charge in [-0.1, -0.05) is 183 Å². The normalized spacial score (nSPS) is 12.9. The van der Waals surface area contributed by atoms with Crippen molar-refractivity contribution < 1.29 is 0 Å². The third-order valence-corrected chi connectivity index (χ3v) is 18.7. The van der Waals surface area contributed by atoms with Crippen molar-refractivity contribution in [1.29, 1.82) is 0 Å². The SMILES string of the molecule is C[Si]1(C)c2cc(-c3ccc4sc5ccccc5c4c3)ccc2-c2ccc(-n3c4ccc(-c5ccc(-c6ccccc6)cc5)cc4c4cc(-c5ccc(-c6ccccc6)cc5)ccc43)cc21. The van der Waals surface area contributed by atoms with Crippen LogP contribution in [0.3, 0.4) is 0 Å². The molecule has 306 valence electrons. The Morgan fingerprint density at radius 1 is 0.308 bits per heavy atom. The summed E-state index contributed by atoms with van der Waals surface area (Å²) >= 11 is 1.88. The summed E-state index contributed by atoms with van der Waals surface area (Å²) in [6.07, 6.45) is 0. The molecule has 0 saturated heterocycles. The first kappa shape index (κ1) is 37.9. The predicted molar refractivity (Wildman–Crippen MR) is 283 cm³/mol. The number of thiophene rings is 1. The van der Waals surface area contributed by atoms with E-state index in [4.69, 9.17) is 0 Å². The lowest BCUT2D eigenvalue weighted by molar-refractivity contribution is 1.18. The van der Waals surface area contributed by atoms with Gasteiger partial charge in [0.15, 0.2) is 0 Å². The quantitative estimate of drug-likeness (QED) is 0.147. The minimum Gasteiger partial charge on any atom is -0.309 e. The van der Waals surface area contributed by atoms with Crippen molar-refractivity contribution in [3.8, 4) is 72.4 Å². The van der Waals surface area contributed by atoms with Gasteiger partial charge in [-0.15, -0.1) is 11.3 Å². The zero-order valence-corrected chi connectivity index (χ0v) is 38.0. The zero-order valence-electron chi connectivity index (χ0n) is 36.2. The first-order valence-electron chi connectivity index (χ1n) is 22.6. The molecule has 13 rings (SSSR count). The fourth-order valence-electron chi connectivity index (χ4n) is 10.6. The topological polar surface area (TPSA) is 4.93 Å². The lowest BCUT2D eigenvalue weighted by Crippen LogP contribution is -2.49. The number of nitrogens with zero attached hydrogens (tertiary/aromatic N) is 1. The van der Waals surface area contributed by atoms with E-state index < -0.39 is 8.07 Å². The maximum atomic E-state index is 2.54. The van der Waals surface area contributed by atoms with Crippen LogP contribution in [0.2, 0.25) is 13.1 Å². The smallest absolute Gasteiger partial charge is 0.113 e. The van der Waals surface area contributed by atoms with Gasteiger partial charge in [0.2, 0.25) is 0 Å². The standard InChI is InChI=1S/C62H43NSSi/c1-65(2)61-38-49(48-28-34-60-56(37-48)51-15-9-10-16-59(51)64-60)25-30-52(61)53-31-29-50(39-62(53)65)63-57-32-26-46(44-21-17-42(18-22-44)40-11-5-3-6-12-40)35-54(57)55-36-47(27-33-58(55)63)45-23-19-43(20-24-45)41-13-7-4-8-14-41/h3-39H,1-2H3. The van der Waals surface area contributed by atoms with E-state index in [-0.39, 0.29) is 0 Å². The molecule has 0 atom stereocenters. The highest BCUT2D eigenvalue weighted by Crippen LogP contribution is 2.41. The van der Waals surface area contributed by atoms with Crippen molar-refractivity contribution in [3.63, 3.8) is 0 Å². The van der Waals surface area contributed by atoms with Gasteiger partial charge >= 0.3 is 0 Å². The van der Waals surface area contributed by atoms with Crippen LogP contribution in [0.4, 0.5) is 0 Å². The van der Waals surface area contributed by atoms with Gasteiger partial charge in [0.25, 0.3) is 0 Å². The molecule has 0 fully saturated rings. The summed E-state index contributed by atoms with van der Waals surface area (Å²) in [6.45, 7) is 5.08. The summed E-state index contributed by atoms with van der Waals surface area (Å²) in [6, 6.07) is 83.8. The minimum absolute atomic E-state index is 1.21. The summed E-state index contributed by atoms with van der Waals surface area (Å²) in [5.74, 6) is 0. The predicted octanol–water partition coefficient (Wildman–Crippen LogP) is 16.3. The first-order valence-corrected chi connectivity index (χ1v) is 26.4. The van der Waals surface area contributed by atoms with Crippen LogP contribution in [0.15, 0.2) is 224 Å². The van der Waals surface area contributed by atoms with E-state index in [2.05, 4.69) is 242 Å². The largest absolute Gasteiger partial charge is 0.309 e. The van der Waals surface area contributed by atoms with Gasteiger partial charge in [0.05, 0.1) is 11.0 Å². The van der Waals surface area contributed by atoms with Crippen LogP contribution in [0.1, 0.15) is 0 Å². The lowest BCUT2D eigenvalue weighted by atomic mass is 9.97. The number of benzene rings is 10. The number of rotatable bonds is 6. The van der Waals surface area contributed by atoms with Gasteiger partial charge in [-0.2, -0.15) is 0 Å². The Morgan fingerprint density at radius 3 is 1.31 bits per heavy atom.